The van der Waals surface area contributed by atoms with Gasteiger partial charge in [0, 0.05) is 17.8 Å². The van der Waals surface area contributed by atoms with Crippen LogP contribution in [0.5, 0.6) is 0 Å². The van der Waals surface area contributed by atoms with Crippen LogP contribution in [0.2, 0.25) is 0 Å². The molecule has 0 saturated heterocycles. The molecule has 3 heteroatoms. The van der Waals surface area contributed by atoms with Crippen molar-refractivity contribution in [1.82, 2.24) is 9.55 Å². The number of halogens is 1. The van der Waals surface area contributed by atoms with Gasteiger partial charge >= 0.3 is 0 Å². The van der Waals surface area contributed by atoms with E-state index in [-0.39, 0.29) is 5.54 Å². The number of para-hydroxylation sites is 1. The van der Waals surface area contributed by atoms with Crippen LogP contribution in [0.25, 0.3) is 11.0 Å². The summed E-state index contributed by atoms with van der Waals surface area (Å²) >= 11 is 5.92. The van der Waals surface area contributed by atoms with Crippen molar-refractivity contribution in [2.45, 2.75) is 46.1 Å². The summed E-state index contributed by atoms with van der Waals surface area (Å²) in [5.41, 5.74) is 3.64. The second-order valence-corrected chi connectivity index (χ2v) is 5.79. The SMILES string of the molecule is CCC(C)(C)n1c(CCCl)nc2c(C)cccc21. The van der Waals surface area contributed by atoms with Gasteiger partial charge in [-0.1, -0.05) is 19.1 Å². The van der Waals surface area contributed by atoms with Gasteiger partial charge in [-0.05, 0) is 38.8 Å². The molecule has 2 aromatic rings. The van der Waals surface area contributed by atoms with Crippen molar-refractivity contribution in [2.24, 2.45) is 0 Å². The average Bonchev–Trinajstić information content (AvgIpc) is 2.70. The number of aryl methyl sites for hydroxylation is 2. The van der Waals surface area contributed by atoms with Crippen molar-refractivity contribution in [1.29, 1.82) is 0 Å². The molecule has 2 nitrogen and oxygen atoms in total. The predicted octanol–water partition coefficient (Wildman–Crippen LogP) is 4.27. The van der Waals surface area contributed by atoms with E-state index < -0.39 is 0 Å². The van der Waals surface area contributed by atoms with Gasteiger partial charge in [0.1, 0.15) is 5.82 Å². The van der Waals surface area contributed by atoms with Gasteiger partial charge in [0.25, 0.3) is 0 Å². The highest BCUT2D eigenvalue weighted by molar-refractivity contribution is 6.17. The predicted molar refractivity (Wildman–Crippen MR) is 78.5 cm³/mol. The van der Waals surface area contributed by atoms with Crippen molar-refractivity contribution in [3.8, 4) is 0 Å². The first-order chi connectivity index (χ1) is 8.51. The number of imidazole rings is 1. The Morgan fingerprint density at radius 1 is 1.33 bits per heavy atom. The molecule has 0 aliphatic heterocycles. The lowest BCUT2D eigenvalue weighted by Crippen LogP contribution is -2.27. The third-order valence-electron chi connectivity index (χ3n) is 3.74. The van der Waals surface area contributed by atoms with E-state index in [0.29, 0.717) is 5.88 Å². The van der Waals surface area contributed by atoms with E-state index in [2.05, 4.69) is 50.5 Å². The quantitative estimate of drug-likeness (QED) is 0.754. The molecule has 2 rings (SSSR count). The molecule has 0 fully saturated rings. The van der Waals surface area contributed by atoms with Gasteiger partial charge in [0.2, 0.25) is 0 Å². The summed E-state index contributed by atoms with van der Waals surface area (Å²) in [5, 5.41) is 0. The highest BCUT2D eigenvalue weighted by Crippen LogP contribution is 2.29. The molecule has 0 spiro atoms. The summed E-state index contributed by atoms with van der Waals surface area (Å²) in [6, 6.07) is 6.37. The molecular formula is C15H21ClN2. The van der Waals surface area contributed by atoms with E-state index in [1.807, 2.05) is 0 Å². The molecule has 0 aliphatic rings. The van der Waals surface area contributed by atoms with Crippen LogP contribution < -0.4 is 0 Å². The number of hydrogen-bond donors (Lipinski definition) is 0. The zero-order valence-corrected chi connectivity index (χ0v) is 12.4. The highest BCUT2D eigenvalue weighted by Gasteiger charge is 2.24. The first kappa shape index (κ1) is 13.4. The second-order valence-electron chi connectivity index (χ2n) is 5.41. The third-order valence-corrected chi connectivity index (χ3v) is 3.93. The summed E-state index contributed by atoms with van der Waals surface area (Å²) in [7, 11) is 0. The smallest absolute Gasteiger partial charge is 0.111 e. The summed E-state index contributed by atoms with van der Waals surface area (Å²) in [6.07, 6.45) is 1.89. The Hall–Kier alpha value is -1.02. The van der Waals surface area contributed by atoms with Crippen LogP contribution in [0.4, 0.5) is 0 Å². The molecular weight excluding hydrogens is 244 g/mol. The Morgan fingerprint density at radius 2 is 2.06 bits per heavy atom. The largest absolute Gasteiger partial charge is 0.322 e. The maximum atomic E-state index is 5.92. The van der Waals surface area contributed by atoms with Crippen LogP contribution in [0, 0.1) is 6.92 Å². The lowest BCUT2D eigenvalue weighted by atomic mass is 10.0. The Kier molecular flexibility index (Phi) is 3.67. The summed E-state index contributed by atoms with van der Waals surface area (Å²) in [4.78, 5) is 4.79. The minimum atomic E-state index is 0.0733. The van der Waals surface area contributed by atoms with Crippen LogP contribution in [0.3, 0.4) is 0 Å². The van der Waals surface area contributed by atoms with Crippen molar-refractivity contribution < 1.29 is 0 Å². The molecule has 98 valence electrons. The maximum absolute atomic E-state index is 5.92. The molecule has 1 heterocycles. The number of nitrogens with zero attached hydrogens (tertiary/aromatic N) is 2. The lowest BCUT2D eigenvalue weighted by molar-refractivity contribution is 0.342. The molecule has 1 aromatic heterocycles. The lowest BCUT2D eigenvalue weighted by Gasteiger charge is -2.28. The minimum absolute atomic E-state index is 0.0733. The van der Waals surface area contributed by atoms with Crippen molar-refractivity contribution >= 4 is 22.6 Å². The summed E-state index contributed by atoms with van der Waals surface area (Å²) in [6.45, 7) is 8.84. The van der Waals surface area contributed by atoms with E-state index in [1.165, 1.54) is 11.1 Å². The van der Waals surface area contributed by atoms with E-state index >= 15 is 0 Å². The fourth-order valence-electron chi connectivity index (χ4n) is 2.37. The standard InChI is InChI=1S/C15H21ClN2/c1-5-15(3,4)18-12-8-6-7-11(2)14(12)17-13(18)9-10-16/h6-8H,5,9-10H2,1-4H3. The topological polar surface area (TPSA) is 17.8 Å². The first-order valence-electron chi connectivity index (χ1n) is 6.54. The van der Waals surface area contributed by atoms with Crippen molar-refractivity contribution in [2.75, 3.05) is 5.88 Å². The molecule has 0 saturated carbocycles. The molecule has 0 atom stereocenters. The average molecular weight is 265 g/mol. The molecule has 0 amide bonds. The van der Waals surface area contributed by atoms with Crippen LogP contribution in [0.1, 0.15) is 38.6 Å². The Bertz CT molecular complexity index is 555. The number of aromatic nitrogens is 2. The van der Waals surface area contributed by atoms with Gasteiger partial charge in [0.15, 0.2) is 0 Å². The third kappa shape index (κ3) is 2.14. The van der Waals surface area contributed by atoms with Crippen LogP contribution in [0.15, 0.2) is 18.2 Å². The van der Waals surface area contributed by atoms with E-state index in [4.69, 9.17) is 16.6 Å². The minimum Gasteiger partial charge on any atom is -0.322 e. The molecule has 18 heavy (non-hydrogen) atoms. The van der Waals surface area contributed by atoms with E-state index in [1.54, 1.807) is 0 Å². The number of alkyl halides is 1. The zero-order valence-electron chi connectivity index (χ0n) is 11.6. The number of rotatable bonds is 4. The van der Waals surface area contributed by atoms with Crippen molar-refractivity contribution in [3.63, 3.8) is 0 Å². The van der Waals surface area contributed by atoms with Crippen LogP contribution in [-0.4, -0.2) is 15.4 Å². The Morgan fingerprint density at radius 3 is 2.67 bits per heavy atom. The van der Waals surface area contributed by atoms with Crippen LogP contribution >= 0.6 is 11.6 Å². The van der Waals surface area contributed by atoms with Crippen LogP contribution in [-0.2, 0) is 12.0 Å². The summed E-state index contributed by atoms with van der Waals surface area (Å²) < 4.78 is 2.36. The molecule has 0 aliphatic carbocycles. The van der Waals surface area contributed by atoms with Gasteiger partial charge in [-0.25, -0.2) is 4.98 Å². The molecule has 0 N–H and O–H groups in total. The Balaban J connectivity index is 2.74. The normalized spacial score (nSPS) is 12.3. The fraction of sp³-hybridized carbons (Fsp3) is 0.533. The van der Waals surface area contributed by atoms with Gasteiger partial charge < -0.3 is 4.57 Å². The highest BCUT2D eigenvalue weighted by atomic mass is 35.5. The molecule has 0 radical (unpaired) electrons. The maximum Gasteiger partial charge on any atom is 0.111 e. The van der Waals surface area contributed by atoms with Gasteiger partial charge in [-0.3, -0.25) is 0 Å². The van der Waals surface area contributed by atoms with Crippen molar-refractivity contribution in [3.05, 3.63) is 29.6 Å². The molecule has 0 bridgehead atoms. The molecule has 0 unspecified atom stereocenters. The number of hydrogen-bond acceptors (Lipinski definition) is 1. The van der Waals surface area contributed by atoms with Gasteiger partial charge in [-0.15, -0.1) is 11.6 Å². The van der Waals surface area contributed by atoms with Gasteiger partial charge in [-0.2, -0.15) is 0 Å². The summed E-state index contributed by atoms with van der Waals surface area (Å²) in [5.74, 6) is 1.71. The second kappa shape index (κ2) is 4.93. The monoisotopic (exact) mass is 264 g/mol. The van der Waals surface area contributed by atoms with E-state index in [0.717, 1.165) is 24.2 Å². The first-order valence-corrected chi connectivity index (χ1v) is 7.08. The molecule has 1 aromatic carbocycles. The van der Waals surface area contributed by atoms with E-state index in [9.17, 15) is 0 Å². The fourth-order valence-corrected chi connectivity index (χ4v) is 2.54. The number of benzene rings is 1. The number of fused-ring (bicyclic) bond motifs is 1. The Labute approximate surface area is 114 Å². The zero-order chi connectivity index (χ0) is 13.3. The van der Waals surface area contributed by atoms with Gasteiger partial charge in [0.05, 0.1) is 11.0 Å².